The second-order valence-corrected chi connectivity index (χ2v) is 12.1. The Labute approximate surface area is 213 Å². The third-order valence-corrected chi connectivity index (χ3v) is 8.33. The Morgan fingerprint density at radius 2 is 1.00 bits per heavy atom. The maximum absolute atomic E-state index is 12.2. The Balaban J connectivity index is 5.17. The molecule has 0 spiro atoms. The van der Waals surface area contributed by atoms with Gasteiger partial charge in [-0.25, -0.2) is 4.57 Å². The van der Waals surface area contributed by atoms with Crippen molar-refractivity contribution in [3.63, 3.8) is 0 Å². The fourth-order valence-electron chi connectivity index (χ4n) is 5.53. The van der Waals surface area contributed by atoms with E-state index in [0.717, 1.165) is 70.6 Å². The molecule has 5 heteroatoms. The van der Waals surface area contributed by atoms with E-state index < -0.39 is 13.4 Å². The smallest absolute Gasteiger partial charge is 0.303 e. The third-order valence-electron chi connectivity index (χ3n) is 7.71. The van der Waals surface area contributed by atoms with Gasteiger partial charge in [0.1, 0.15) is 0 Å². The summed E-state index contributed by atoms with van der Waals surface area (Å²) in [5.74, 6) is 0.941. The first-order chi connectivity index (χ1) is 16.3. The molecule has 0 heterocycles. The van der Waals surface area contributed by atoms with Gasteiger partial charge in [0.2, 0.25) is 0 Å². The van der Waals surface area contributed by atoms with Gasteiger partial charge >= 0.3 is 7.82 Å². The molecule has 0 fully saturated rings. The van der Waals surface area contributed by atoms with Crippen LogP contribution in [0.5, 0.6) is 0 Å². The number of phosphoric ester groups is 1. The van der Waals surface area contributed by atoms with E-state index in [4.69, 9.17) is 4.52 Å². The molecule has 0 aromatic rings. The first-order valence-electron chi connectivity index (χ1n) is 15.0. The molecule has 0 aliphatic carbocycles. The molecule has 0 saturated heterocycles. The van der Waals surface area contributed by atoms with Gasteiger partial charge in [0, 0.05) is 0 Å². The number of phosphoric acid groups is 1. The van der Waals surface area contributed by atoms with Gasteiger partial charge in [-0.1, -0.05) is 150 Å². The molecule has 34 heavy (non-hydrogen) atoms. The number of hydrogen-bond acceptors (Lipinski definition) is 2. The van der Waals surface area contributed by atoms with Crippen molar-refractivity contribution in [1.82, 2.24) is 0 Å². The monoisotopic (exact) mass is 504 g/mol. The SMILES string of the molecule is CCCCCCCCCCCCC(CC(CC)CCCC)(CC(CC)CCCC)OP(=O)(O)O. The van der Waals surface area contributed by atoms with Crippen molar-refractivity contribution >= 4 is 7.82 Å². The summed E-state index contributed by atoms with van der Waals surface area (Å²) in [5.41, 5.74) is -0.692. The lowest BCUT2D eigenvalue weighted by Crippen LogP contribution is -2.37. The molecular formula is C29H61O4P. The molecule has 0 aliphatic rings. The molecule has 4 nitrogen and oxygen atoms in total. The molecule has 0 aliphatic heterocycles. The molecule has 0 aromatic heterocycles. The van der Waals surface area contributed by atoms with Gasteiger partial charge in [-0.15, -0.1) is 0 Å². The fraction of sp³-hybridized carbons (Fsp3) is 1.00. The summed E-state index contributed by atoms with van der Waals surface area (Å²) >= 11 is 0. The first-order valence-corrected chi connectivity index (χ1v) is 16.5. The Hall–Kier alpha value is 0.110. The number of hydrogen-bond donors (Lipinski definition) is 2. The van der Waals surface area contributed by atoms with E-state index in [0.29, 0.717) is 11.8 Å². The van der Waals surface area contributed by atoms with Crippen molar-refractivity contribution in [3.8, 4) is 0 Å². The molecule has 2 atom stereocenters. The lowest BCUT2D eigenvalue weighted by atomic mass is 9.76. The zero-order chi connectivity index (χ0) is 25.7. The van der Waals surface area contributed by atoms with Crippen LogP contribution in [-0.4, -0.2) is 15.4 Å². The summed E-state index contributed by atoms with van der Waals surface area (Å²) in [7, 11) is -4.55. The summed E-state index contributed by atoms with van der Waals surface area (Å²) < 4.78 is 18.0. The quantitative estimate of drug-likeness (QED) is 0.0958. The Kier molecular flexibility index (Phi) is 21.3. The van der Waals surface area contributed by atoms with Crippen molar-refractivity contribution in [2.24, 2.45) is 11.8 Å². The van der Waals surface area contributed by atoms with Gasteiger partial charge in [0.05, 0.1) is 5.60 Å². The normalized spacial score (nSPS) is 15.9. The van der Waals surface area contributed by atoms with Crippen LogP contribution < -0.4 is 0 Å². The topological polar surface area (TPSA) is 66.8 Å². The molecule has 0 amide bonds. The van der Waals surface area contributed by atoms with Gasteiger partial charge in [-0.3, -0.25) is 4.52 Å². The molecule has 206 valence electrons. The molecule has 0 radical (unpaired) electrons. The lowest BCUT2D eigenvalue weighted by molar-refractivity contribution is -0.0187. The van der Waals surface area contributed by atoms with Crippen LogP contribution in [0.15, 0.2) is 0 Å². The summed E-state index contributed by atoms with van der Waals surface area (Å²) in [4.78, 5) is 19.9. The van der Waals surface area contributed by atoms with Crippen LogP contribution in [0.3, 0.4) is 0 Å². The van der Waals surface area contributed by atoms with E-state index in [1.165, 1.54) is 64.2 Å². The van der Waals surface area contributed by atoms with E-state index in [9.17, 15) is 14.4 Å². The molecular weight excluding hydrogens is 443 g/mol. The van der Waals surface area contributed by atoms with Crippen molar-refractivity contribution in [2.75, 3.05) is 0 Å². The highest BCUT2D eigenvalue weighted by molar-refractivity contribution is 7.46. The molecule has 0 saturated carbocycles. The van der Waals surface area contributed by atoms with Gasteiger partial charge < -0.3 is 9.79 Å². The Morgan fingerprint density at radius 3 is 1.35 bits per heavy atom. The van der Waals surface area contributed by atoms with Crippen molar-refractivity contribution in [2.45, 2.75) is 175 Å². The highest BCUT2D eigenvalue weighted by Gasteiger charge is 2.40. The number of unbranched alkanes of at least 4 members (excludes halogenated alkanes) is 11. The molecule has 0 bridgehead atoms. The predicted octanol–water partition coefficient (Wildman–Crippen LogP) is 10.4. The standard InChI is InChI=1S/C29H61O4P/c1-6-11-14-15-16-17-18-19-20-21-24-29(33-34(30,31)32,25-27(9-4)22-12-7-2)26-28(10-5)23-13-8-3/h27-28H,6-26H2,1-5H3,(H2,30,31,32). The van der Waals surface area contributed by atoms with E-state index >= 15 is 0 Å². The largest absolute Gasteiger partial charge is 0.470 e. The van der Waals surface area contributed by atoms with Crippen LogP contribution in [0, 0.1) is 11.8 Å². The second kappa shape index (κ2) is 21.2. The van der Waals surface area contributed by atoms with E-state index in [1.807, 2.05) is 0 Å². The third kappa shape index (κ3) is 18.4. The van der Waals surface area contributed by atoms with Crippen molar-refractivity contribution in [1.29, 1.82) is 0 Å². The van der Waals surface area contributed by atoms with Crippen LogP contribution in [0.4, 0.5) is 0 Å². The first kappa shape index (κ1) is 34.1. The summed E-state index contributed by atoms with van der Waals surface area (Å²) in [6, 6.07) is 0. The number of rotatable bonds is 25. The van der Waals surface area contributed by atoms with Crippen LogP contribution in [-0.2, 0) is 9.09 Å². The molecule has 2 N–H and O–H groups in total. The Morgan fingerprint density at radius 1 is 0.618 bits per heavy atom. The summed E-state index contributed by atoms with van der Waals surface area (Å²) in [6.45, 7) is 11.1. The average Bonchev–Trinajstić information content (AvgIpc) is 2.79. The van der Waals surface area contributed by atoms with Gasteiger partial charge in [-0.05, 0) is 31.1 Å². The fourth-order valence-corrected chi connectivity index (χ4v) is 6.28. The zero-order valence-electron chi connectivity index (χ0n) is 23.7. The lowest BCUT2D eigenvalue weighted by Gasteiger charge is -2.39. The zero-order valence-corrected chi connectivity index (χ0v) is 24.6. The molecule has 0 aromatic carbocycles. The predicted molar refractivity (Wildman–Crippen MR) is 148 cm³/mol. The van der Waals surface area contributed by atoms with Gasteiger partial charge in [-0.2, -0.15) is 0 Å². The van der Waals surface area contributed by atoms with Crippen molar-refractivity contribution in [3.05, 3.63) is 0 Å². The summed E-state index contributed by atoms with van der Waals surface area (Å²) in [5, 5.41) is 0. The van der Waals surface area contributed by atoms with Crippen LogP contribution >= 0.6 is 7.82 Å². The van der Waals surface area contributed by atoms with Gasteiger partial charge in [0.15, 0.2) is 0 Å². The van der Waals surface area contributed by atoms with E-state index in [-0.39, 0.29) is 0 Å². The highest BCUT2D eigenvalue weighted by Crippen LogP contribution is 2.49. The maximum atomic E-state index is 12.2. The molecule has 2 unspecified atom stereocenters. The van der Waals surface area contributed by atoms with E-state index in [2.05, 4.69) is 34.6 Å². The van der Waals surface area contributed by atoms with E-state index in [1.54, 1.807) is 0 Å². The Bertz CT molecular complexity index is 473. The van der Waals surface area contributed by atoms with Crippen LogP contribution in [0.2, 0.25) is 0 Å². The minimum atomic E-state index is -4.55. The minimum Gasteiger partial charge on any atom is -0.303 e. The average molecular weight is 505 g/mol. The highest BCUT2D eigenvalue weighted by atomic mass is 31.2. The molecule has 0 rings (SSSR count). The summed E-state index contributed by atoms with van der Waals surface area (Å²) in [6.07, 6.45) is 24.1. The second-order valence-electron chi connectivity index (χ2n) is 10.9. The van der Waals surface area contributed by atoms with Gasteiger partial charge in [0.25, 0.3) is 0 Å². The van der Waals surface area contributed by atoms with Crippen molar-refractivity contribution < 1.29 is 18.9 Å². The van der Waals surface area contributed by atoms with Crippen LogP contribution in [0.1, 0.15) is 169 Å². The van der Waals surface area contributed by atoms with Crippen LogP contribution in [0.25, 0.3) is 0 Å². The maximum Gasteiger partial charge on any atom is 0.470 e. The minimum absolute atomic E-state index is 0.471.